The molecule has 0 spiro atoms. The van der Waals surface area contributed by atoms with Crippen molar-refractivity contribution in [1.82, 2.24) is 4.72 Å². The van der Waals surface area contributed by atoms with Crippen molar-refractivity contribution < 1.29 is 18.0 Å². The first-order valence-corrected chi connectivity index (χ1v) is 11.8. The van der Waals surface area contributed by atoms with Gasteiger partial charge in [0.2, 0.25) is 21.8 Å². The fourth-order valence-electron chi connectivity index (χ4n) is 3.43. The lowest BCUT2D eigenvalue weighted by Crippen LogP contribution is -2.28. The van der Waals surface area contributed by atoms with Gasteiger partial charge in [0, 0.05) is 30.9 Å². The van der Waals surface area contributed by atoms with Crippen LogP contribution in [-0.4, -0.2) is 33.3 Å². The first-order chi connectivity index (χ1) is 14.8. The summed E-state index contributed by atoms with van der Waals surface area (Å²) in [7, 11) is -3.44. The average Bonchev–Trinajstić information content (AvgIpc) is 3.15. The highest BCUT2D eigenvalue weighted by Gasteiger charge is 2.35. The number of rotatable bonds is 9. The number of sulfonamides is 1. The summed E-state index contributed by atoms with van der Waals surface area (Å²) in [6, 6.07) is 14.4. The van der Waals surface area contributed by atoms with Crippen LogP contribution in [-0.2, 0) is 31.8 Å². The molecular formula is C23H27N3O4S. The van der Waals surface area contributed by atoms with Gasteiger partial charge < -0.3 is 10.2 Å². The highest BCUT2D eigenvalue weighted by atomic mass is 32.2. The molecule has 1 saturated heterocycles. The fraction of sp³-hybridized carbons (Fsp3) is 0.304. The Hall–Kier alpha value is -2.97. The summed E-state index contributed by atoms with van der Waals surface area (Å²) in [5.41, 5.74) is 3.15. The molecule has 1 heterocycles. The highest BCUT2D eigenvalue weighted by molar-refractivity contribution is 7.88. The molecule has 2 amide bonds. The van der Waals surface area contributed by atoms with Gasteiger partial charge in [-0.15, -0.1) is 6.58 Å². The van der Waals surface area contributed by atoms with Gasteiger partial charge in [-0.2, -0.15) is 0 Å². The summed E-state index contributed by atoms with van der Waals surface area (Å²) in [5.74, 6) is -0.898. The van der Waals surface area contributed by atoms with Gasteiger partial charge >= 0.3 is 0 Å². The van der Waals surface area contributed by atoms with Gasteiger partial charge in [0.1, 0.15) is 0 Å². The smallest absolute Gasteiger partial charge is 0.229 e. The van der Waals surface area contributed by atoms with Crippen LogP contribution in [0.5, 0.6) is 0 Å². The van der Waals surface area contributed by atoms with Crippen LogP contribution in [0, 0.1) is 5.92 Å². The first-order valence-electron chi connectivity index (χ1n) is 10.2. The second-order valence-electron chi connectivity index (χ2n) is 7.51. The molecule has 1 atom stereocenters. The van der Waals surface area contributed by atoms with Crippen LogP contribution in [0.1, 0.15) is 24.5 Å². The molecule has 0 radical (unpaired) electrons. The molecule has 0 aromatic heterocycles. The van der Waals surface area contributed by atoms with Crippen molar-refractivity contribution in [2.24, 2.45) is 5.92 Å². The van der Waals surface area contributed by atoms with E-state index in [0.29, 0.717) is 17.8 Å². The van der Waals surface area contributed by atoms with E-state index in [2.05, 4.69) is 23.5 Å². The van der Waals surface area contributed by atoms with Crippen LogP contribution in [0.15, 0.2) is 61.2 Å². The van der Waals surface area contributed by atoms with Crippen molar-refractivity contribution in [3.63, 3.8) is 0 Å². The molecule has 2 N–H and O–H groups in total. The lowest BCUT2D eigenvalue weighted by atomic mass is 10.1. The molecule has 2 aromatic rings. The van der Waals surface area contributed by atoms with E-state index in [1.807, 2.05) is 24.3 Å². The maximum Gasteiger partial charge on any atom is 0.229 e. The summed E-state index contributed by atoms with van der Waals surface area (Å²) >= 11 is 0. The minimum Gasteiger partial charge on any atom is -0.326 e. The summed E-state index contributed by atoms with van der Waals surface area (Å²) in [6.45, 7) is 6.07. The first kappa shape index (κ1) is 22.7. The van der Waals surface area contributed by atoms with Crippen molar-refractivity contribution >= 4 is 33.2 Å². The highest BCUT2D eigenvalue weighted by Crippen LogP contribution is 2.26. The van der Waals surface area contributed by atoms with Gasteiger partial charge in [0.15, 0.2) is 0 Å². The zero-order valence-corrected chi connectivity index (χ0v) is 18.3. The summed E-state index contributed by atoms with van der Waals surface area (Å²) in [6.07, 6.45) is 2.56. The zero-order chi connectivity index (χ0) is 22.4. The number of amides is 2. The number of hydrogen-bond acceptors (Lipinski definition) is 4. The second-order valence-corrected chi connectivity index (χ2v) is 9.31. The minimum absolute atomic E-state index is 0.0722. The van der Waals surface area contributed by atoms with E-state index in [0.717, 1.165) is 12.1 Å². The SMILES string of the molecule is C=CCNS(=O)(=O)Cc1ccc(NC(=O)C2CC(=O)N(c3ccc(CC)cc3)C2)cc1. The Morgan fingerprint density at radius 2 is 1.77 bits per heavy atom. The molecule has 1 aliphatic rings. The molecule has 8 heteroatoms. The standard InChI is InChI=1S/C23H27N3O4S/c1-3-13-24-31(29,30)16-18-5-9-20(10-6-18)25-23(28)19-14-22(27)26(15-19)21-11-7-17(4-2)8-12-21/h3,5-12,19,24H,1,4,13-16H2,2H3,(H,25,28). The predicted molar refractivity (Wildman–Crippen MR) is 122 cm³/mol. The Kier molecular flexibility index (Phi) is 7.25. The lowest BCUT2D eigenvalue weighted by Gasteiger charge is -2.17. The average molecular weight is 442 g/mol. The lowest BCUT2D eigenvalue weighted by molar-refractivity contribution is -0.122. The van der Waals surface area contributed by atoms with E-state index in [4.69, 9.17) is 0 Å². The Balaban J connectivity index is 1.58. The third-order valence-electron chi connectivity index (χ3n) is 5.18. The van der Waals surface area contributed by atoms with Crippen LogP contribution in [0.2, 0.25) is 0 Å². The van der Waals surface area contributed by atoms with E-state index in [1.54, 1.807) is 29.2 Å². The van der Waals surface area contributed by atoms with E-state index in [9.17, 15) is 18.0 Å². The maximum absolute atomic E-state index is 12.7. The van der Waals surface area contributed by atoms with Crippen LogP contribution in [0.4, 0.5) is 11.4 Å². The number of benzene rings is 2. The van der Waals surface area contributed by atoms with Gasteiger partial charge in [-0.25, -0.2) is 13.1 Å². The van der Waals surface area contributed by atoms with E-state index >= 15 is 0 Å². The molecule has 0 aliphatic carbocycles. The molecule has 164 valence electrons. The van der Waals surface area contributed by atoms with Crippen LogP contribution in [0.25, 0.3) is 0 Å². The largest absolute Gasteiger partial charge is 0.326 e. The van der Waals surface area contributed by atoms with E-state index in [1.165, 1.54) is 11.6 Å². The zero-order valence-electron chi connectivity index (χ0n) is 17.5. The Labute approximate surface area is 183 Å². The van der Waals surface area contributed by atoms with Crippen molar-refractivity contribution in [2.75, 3.05) is 23.3 Å². The van der Waals surface area contributed by atoms with Gasteiger partial charge in [0.05, 0.1) is 11.7 Å². The third-order valence-corrected chi connectivity index (χ3v) is 6.50. The molecule has 31 heavy (non-hydrogen) atoms. The summed E-state index contributed by atoms with van der Waals surface area (Å²) < 4.78 is 26.3. The molecule has 0 bridgehead atoms. The monoisotopic (exact) mass is 441 g/mol. The topological polar surface area (TPSA) is 95.6 Å². The van der Waals surface area contributed by atoms with Crippen LogP contribution >= 0.6 is 0 Å². The third kappa shape index (κ3) is 6.02. The van der Waals surface area contributed by atoms with Crippen molar-refractivity contribution in [3.8, 4) is 0 Å². The molecule has 2 aromatic carbocycles. The Morgan fingerprint density at radius 1 is 1.13 bits per heavy atom. The summed E-state index contributed by atoms with van der Waals surface area (Å²) in [4.78, 5) is 26.7. The van der Waals surface area contributed by atoms with Gasteiger partial charge in [-0.05, 0) is 41.8 Å². The quantitative estimate of drug-likeness (QED) is 0.585. The van der Waals surface area contributed by atoms with E-state index < -0.39 is 15.9 Å². The predicted octanol–water partition coefficient (Wildman–Crippen LogP) is 2.85. The number of nitrogens with zero attached hydrogens (tertiary/aromatic N) is 1. The second kappa shape index (κ2) is 9.89. The Bertz CT molecular complexity index is 1050. The van der Waals surface area contributed by atoms with Crippen molar-refractivity contribution in [3.05, 3.63) is 72.3 Å². The fourth-order valence-corrected chi connectivity index (χ4v) is 4.53. The number of carbonyl (C=O) groups excluding carboxylic acids is 2. The molecular weight excluding hydrogens is 414 g/mol. The van der Waals surface area contributed by atoms with E-state index in [-0.39, 0.29) is 30.5 Å². The number of carbonyl (C=O) groups is 2. The summed E-state index contributed by atoms with van der Waals surface area (Å²) in [5, 5.41) is 2.82. The molecule has 0 saturated carbocycles. The number of hydrogen-bond donors (Lipinski definition) is 2. The Morgan fingerprint density at radius 3 is 2.39 bits per heavy atom. The normalized spacial score (nSPS) is 16.4. The van der Waals surface area contributed by atoms with Crippen LogP contribution in [0.3, 0.4) is 0 Å². The van der Waals surface area contributed by atoms with Gasteiger partial charge in [-0.3, -0.25) is 9.59 Å². The van der Waals surface area contributed by atoms with Crippen molar-refractivity contribution in [1.29, 1.82) is 0 Å². The maximum atomic E-state index is 12.7. The number of anilines is 2. The molecule has 1 fully saturated rings. The molecule has 1 unspecified atom stereocenters. The molecule has 3 rings (SSSR count). The molecule has 7 nitrogen and oxygen atoms in total. The van der Waals surface area contributed by atoms with Gasteiger partial charge in [0.25, 0.3) is 0 Å². The molecule has 1 aliphatic heterocycles. The van der Waals surface area contributed by atoms with Gasteiger partial charge in [-0.1, -0.05) is 37.3 Å². The minimum atomic E-state index is -3.44. The number of aryl methyl sites for hydroxylation is 1. The van der Waals surface area contributed by atoms with Crippen LogP contribution < -0.4 is 14.9 Å². The van der Waals surface area contributed by atoms with Crippen molar-refractivity contribution in [2.45, 2.75) is 25.5 Å². The number of nitrogens with one attached hydrogen (secondary N) is 2.